The lowest BCUT2D eigenvalue weighted by Crippen LogP contribution is -2.00. The Bertz CT molecular complexity index is 1070. The van der Waals surface area contributed by atoms with Crippen LogP contribution in [0.4, 0.5) is 5.69 Å². The molecule has 8 nitrogen and oxygen atoms in total. The summed E-state index contributed by atoms with van der Waals surface area (Å²) in [4.78, 5) is 4.57. The van der Waals surface area contributed by atoms with E-state index in [1.807, 2.05) is 25.1 Å². The van der Waals surface area contributed by atoms with Crippen LogP contribution in [0.25, 0.3) is 10.9 Å². The Morgan fingerprint density at radius 3 is 2.31 bits per heavy atom. The second-order valence-electron chi connectivity index (χ2n) is 6.35. The number of aromatic nitrogens is 1. The van der Waals surface area contributed by atoms with Crippen molar-refractivity contribution < 1.29 is 23.7 Å². The van der Waals surface area contributed by atoms with Crippen molar-refractivity contribution in [1.29, 1.82) is 0 Å². The van der Waals surface area contributed by atoms with E-state index in [0.29, 0.717) is 34.3 Å². The molecule has 4 rings (SSSR count). The highest BCUT2D eigenvalue weighted by atomic mass is 16.7. The van der Waals surface area contributed by atoms with E-state index in [1.165, 1.54) is 0 Å². The van der Waals surface area contributed by atoms with E-state index in [4.69, 9.17) is 23.7 Å². The third-order valence-electron chi connectivity index (χ3n) is 4.56. The maximum absolute atomic E-state index is 5.49. The topological polar surface area (TPSA) is 83.4 Å². The van der Waals surface area contributed by atoms with Gasteiger partial charge in [0.1, 0.15) is 17.2 Å². The van der Waals surface area contributed by atoms with Crippen molar-refractivity contribution in [3.63, 3.8) is 0 Å². The molecule has 0 radical (unpaired) electrons. The zero-order valence-electron chi connectivity index (χ0n) is 16.6. The molecule has 0 atom stereocenters. The summed E-state index contributed by atoms with van der Waals surface area (Å²) >= 11 is 0. The van der Waals surface area contributed by atoms with Crippen LogP contribution in [0.15, 0.2) is 35.4 Å². The Kier molecular flexibility index (Phi) is 4.99. The molecular formula is C21H21N3O5. The third kappa shape index (κ3) is 3.56. The number of ether oxygens (including phenoxy) is 5. The molecule has 0 spiro atoms. The number of nitrogens with zero attached hydrogens (tertiary/aromatic N) is 2. The highest BCUT2D eigenvalue weighted by Crippen LogP contribution is 2.38. The molecule has 0 amide bonds. The minimum atomic E-state index is 0.211. The average Bonchev–Trinajstić information content (AvgIpc) is 3.19. The van der Waals surface area contributed by atoms with E-state index in [-0.39, 0.29) is 6.79 Å². The number of benzene rings is 2. The third-order valence-corrected chi connectivity index (χ3v) is 4.56. The first kappa shape index (κ1) is 18.7. The zero-order valence-corrected chi connectivity index (χ0v) is 16.6. The molecule has 0 bridgehead atoms. The number of methoxy groups -OCH3 is 3. The molecule has 0 fully saturated rings. The Morgan fingerprint density at radius 1 is 0.966 bits per heavy atom. The van der Waals surface area contributed by atoms with Crippen LogP contribution in [0.2, 0.25) is 0 Å². The Morgan fingerprint density at radius 2 is 1.66 bits per heavy atom. The fourth-order valence-corrected chi connectivity index (χ4v) is 3.17. The molecule has 2 aromatic carbocycles. The molecule has 1 aromatic heterocycles. The predicted molar refractivity (Wildman–Crippen MR) is 110 cm³/mol. The second-order valence-corrected chi connectivity index (χ2v) is 6.35. The molecule has 8 heteroatoms. The number of hydrogen-bond donors (Lipinski definition) is 1. The van der Waals surface area contributed by atoms with Crippen LogP contribution in [-0.2, 0) is 0 Å². The SMILES string of the molecule is COc1cc(OC)c(/C=N\Nc2cc(C)nc3cc4c(cc23)OCO4)c(OC)c1. The highest BCUT2D eigenvalue weighted by molar-refractivity contribution is 5.95. The summed E-state index contributed by atoms with van der Waals surface area (Å²) in [5, 5.41) is 5.27. The molecular weight excluding hydrogens is 374 g/mol. The molecule has 1 aliphatic heterocycles. The molecule has 2 heterocycles. The number of anilines is 1. The van der Waals surface area contributed by atoms with Crippen LogP contribution in [0.1, 0.15) is 11.3 Å². The Labute approximate surface area is 168 Å². The quantitative estimate of drug-likeness (QED) is 0.503. The lowest BCUT2D eigenvalue weighted by Gasteiger charge is -2.12. The molecule has 0 saturated heterocycles. The monoisotopic (exact) mass is 395 g/mol. The van der Waals surface area contributed by atoms with Crippen molar-refractivity contribution in [2.24, 2.45) is 5.10 Å². The zero-order chi connectivity index (χ0) is 20.4. The molecule has 1 N–H and O–H groups in total. The number of hydrogen-bond acceptors (Lipinski definition) is 8. The normalized spacial score (nSPS) is 12.4. The van der Waals surface area contributed by atoms with Gasteiger partial charge in [0.05, 0.1) is 44.3 Å². The summed E-state index contributed by atoms with van der Waals surface area (Å²) in [6, 6.07) is 9.24. The van der Waals surface area contributed by atoms with Gasteiger partial charge in [-0.15, -0.1) is 0 Å². The van der Waals surface area contributed by atoms with Gasteiger partial charge in [0.2, 0.25) is 6.79 Å². The van der Waals surface area contributed by atoms with Crippen LogP contribution in [-0.4, -0.2) is 39.3 Å². The van der Waals surface area contributed by atoms with Gasteiger partial charge in [-0.1, -0.05) is 0 Å². The van der Waals surface area contributed by atoms with E-state index < -0.39 is 0 Å². The lowest BCUT2D eigenvalue weighted by atomic mass is 10.1. The van der Waals surface area contributed by atoms with Crippen LogP contribution >= 0.6 is 0 Å². The number of nitrogens with one attached hydrogen (secondary N) is 1. The number of fused-ring (bicyclic) bond motifs is 2. The van der Waals surface area contributed by atoms with E-state index in [9.17, 15) is 0 Å². The van der Waals surface area contributed by atoms with Crippen LogP contribution < -0.4 is 29.1 Å². The Balaban J connectivity index is 1.69. The van der Waals surface area contributed by atoms with Crippen LogP contribution in [0.3, 0.4) is 0 Å². The summed E-state index contributed by atoms with van der Waals surface area (Å²) in [7, 11) is 4.76. The maximum Gasteiger partial charge on any atom is 0.231 e. The smallest absolute Gasteiger partial charge is 0.231 e. The van der Waals surface area contributed by atoms with Gasteiger partial charge >= 0.3 is 0 Å². The molecule has 0 saturated carbocycles. The van der Waals surface area contributed by atoms with Crippen molar-refractivity contribution >= 4 is 22.8 Å². The fraction of sp³-hybridized carbons (Fsp3) is 0.238. The molecule has 150 valence electrons. The minimum absolute atomic E-state index is 0.211. The van der Waals surface area contributed by atoms with Gasteiger partial charge in [0.25, 0.3) is 0 Å². The molecule has 3 aromatic rings. The van der Waals surface area contributed by atoms with Gasteiger partial charge in [-0.3, -0.25) is 10.4 Å². The number of rotatable bonds is 6. The van der Waals surface area contributed by atoms with Crippen molar-refractivity contribution in [2.45, 2.75) is 6.92 Å². The summed E-state index contributed by atoms with van der Waals surface area (Å²) < 4.78 is 27.1. The first-order valence-electron chi connectivity index (χ1n) is 8.93. The maximum atomic E-state index is 5.49. The van der Waals surface area contributed by atoms with E-state index >= 15 is 0 Å². The summed E-state index contributed by atoms with van der Waals surface area (Å²) in [6.07, 6.45) is 1.64. The minimum Gasteiger partial charge on any atom is -0.496 e. The van der Waals surface area contributed by atoms with Gasteiger partial charge < -0.3 is 23.7 Å². The molecule has 29 heavy (non-hydrogen) atoms. The summed E-state index contributed by atoms with van der Waals surface area (Å²) in [5.41, 5.74) is 6.23. The van der Waals surface area contributed by atoms with Crippen molar-refractivity contribution in [1.82, 2.24) is 4.98 Å². The lowest BCUT2D eigenvalue weighted by molar-refractivity contribution is 0.174. The van der Waals surface area contributed by atoms with Crippen LogP contribution in [0, 0.1) is 6.92 Å². The van der Waals surface area contributed by atoms with Gasteiger partial charge in [-0.25, -0.2) is 0 Å². The van der Waals surface area contributed by atoms with E-state index in [0.717, 1.165) is 22.3 Å². The largest absolute Gasteiger partial charge is 0.496 e. The summed E-state index contributed by atoms with van der Waals surface area (Å²) in [6.45, 7) is 2.14. The second kappa shape index (κ2) is 7.75. The first-order valence-corrected chi connectivity index (χ1v) is 8.93. The fourth-order valence-electron chi connectivity index (χ4n) is 3.17. The average molecular weight is 395 g/mol. The van der Waals surface area contributed by atoms with Crippen LogP contribution in [0.5, 0.6) is 28.7 Å². The van der Waals surface area contributed by atoms with Crippen molar-refractivity contribution in [3.05, 3.63) is 41.6 Å². The molecule has 0 unspecified atom stereocenters. The van der Waals surface area contributed by atoms with Gasteiger partial charge in [0, 0.05) is 29.3 Å². The van der Waals surface area contributed by atoms with E-state index in [1.54, 1.807) is 39.7 Å². The Hall–Kier alpha value is -3.68. The molecule has 0 aliphatic carbocycles. The first-order chi connectivity index (χ1) is 14.1. The van der Waals surface area contributed by atoms with Gasteiger partial charge in [0.15, 0.2) is 11.5 Å². The summed E-state index contributed by atoms with van der Waals surface area (Å²) in [5.74, 6) is 3.19. The molecule has 1 aliphatic rings. The van der Waals surface area contributed by atoms with Crippen molar-refractivity contribution in [2.75, 3.05) is 33.5 Å². The number of hydrazone groups is 1. The highest BCUT2D eigenvalue weighted by Gasteiger charge is 2.17. The standard InChI is InChI=1S/C21H21N3O5/c1-12-5-17(14-8-20-21(29-11-28-20)9-16(14)23-12)24-22-10-15-18(26-3)6-13(25-2)7-19(15)27-4/h5-10H,11H2,1-4H3,(H,23,24)/b22-10-. The number of aryl methyl sites for hydroxylation is 1. The predicted octanol–water partition coefficient (Wildman–Crippen LogP) is 3.74. The number of pyridine rings is 1. The van der Waals surface area contributed by atoms with E-state index in [2.05, 4.69) is 15.5 Å². The van der Waals surface area contributed by atoms with Gasteiger partial charge in [-0.2, -0.15) is 5.10 Å². The van der Waals surface area contributed by atoms with Crippen molar-refractivity contribution in [3.8, 4) is 28.7 Å². The van der Waals surface area contributed by atoms with Gasteiger partial charge in [-0.05, 0) is 19.1 Å².